The maximum absolute atomic E-state index is 6.00. The Kier molecular flexibility index (Phi) is 4.25. The molecule has 0 aromatic heterocycles. The molecule has 0 bridgehead atoms. The third-order valence-electron chi connectivity index (χ3n) is 2.61. The lowest BCUT2D eigenvalue weighted by atomic mass is 9.83. The smallest absolute Gasteiger partial charge is 0.0477 e. The summed E-state index contributed by atoms with van der Waals surface area (Å²) in [6, 6.07) is 4.44. The van der Waals surface area contributed by atoms with Crippen molar-refractivity contribution in [1.29, 1.82) is 0 Å². The van der Waals surface area contributed by atoms with E-state index in [-0.39, 0.29) is 5.41 Å². The molecule has 1 aromatic rings. The van der Waals surface area contributed by atoms with Crippen LogP contribution in [0.15, 0.2) is 16.6 Å². The Balaban J connectivity index is 3.34. The minimum Gasteiger partial charge on any atom is -0.122 e. The van der Waals surface area contributed by atoms with E-state index in [0.29, 0.717) is 5.88 Å². The van der Waals surface area contributed by atoms with Crippen LogP contribution >= 0.6 is 27.5 Å². The van der Waals surface area contributed by atoms with E-state index in [9.17, 15) is 0 Å². The second-order valence-electron chi connectivity index (χ2n) is 4.84. The molecule has 0 atom stereocenters. The van der Waals surface area contributed by atoms with E-state index < -0.39 is 0 Å². The maximum atomic E-state index is 6.00. The van der Waals surface area contributed by atoms with E-state index in [0.717, 1.165) is 6.42 Å². The first-order valence-corrected chi connectivity index (χ1v) is 6.60. The first-order valence-electron chi connectivity index (χ1n) is 5.28. The lowest BCUT2D eigenvalue weighted by molar-refractivity contribution is 0.584. The topological polar surface area (TPSA) is 0 Å². The molecule has 0 saturated carbocycles. The lowest BCUT2D eigenvalue weighted by Gasteiger charge is -2.23. The van der Waals surface area contributed by atoms with Crippen LogP contribution in [0, 0.1) is 0 Å². The second kappa shape index (κ2) is 4.88. The minimum atomic E-state index is 0.152. The number of hydrogen-bond donors (Lipinski definition) is 0. The zero-order chi connectivity index (χ0) is 11.6. The summed E-state index contributed by atoms with van der Waals surface area (Å²) in [6.45, 7) is 8.82. The zero-order valence-electron chi connectivity index (χ0n) is 9.82. The van der Waals surface area contributed by atoms with Crippen molar-refractivity contribution in [3.8, 4) is 0 Å². The molecule has 0 heterocycles. The summed E-state index contributed by atoms with van der Waals surface area (Å²) < 4.78 is 1.20. The highest BCUT2D eigenvalue weighted by molar-refractivity contribution is 9.10. The van der Waals surface area contributed by atoms with E-state index in [4.69, 9.17) is 11.6 Å². The number of rotatable bonds is 2. The molecule has 15 heavy (non-hydrogen) atoms. The highest BCUT2D eigenvalue weighted by atomic mass is 79.9. The van der Waals surface area contributed by atoms with Crippen LogP contribution < -0.4 is 0 Å². The Morgan fingerprint density at radius 1 is 1.20 bits per heavy atom. The van der Waals surface area contributed by atoms with Crippen LogP contribution in [0.4, 0.5) is 0 Å². The molecule has 0 aliphatic carbocycles. The summed E-state index contributed by atoms with van der Waals surface area (Å²) in [4.78, 5) is 0. The highest BCUT2D eigenvalue weighted by Crippen LogP contribution is 2.32. The van der Waals surface area contributed by atoms with Crippen molar-refractivity contribution in [2.75, 3.05) is 0 Å². The third kappa shape index (κ3) is 2.98. The van der Waals surface area contributed by atoms with Gasteiger partial charge in [0.1, 0.15) is 0 Å². The summed E-state index contributed by atoms with van der Waals surface area (Å²) in [6.07, 6.45) is 1.04. The quantitative estimate of drug-likeness (QED) is 0.669. The van der Waals surface area contributed by atoms with Crippen molar-refractivity contribution in [3.63, 3.8) is 0 Å². The minimum absolute atomic E-state index is 0.152. The van der Waals surface area contributed by atoms with Gasteiger partial charge in [-0.1, -0.05) is 49.7 Å². The van der Waals surface area contributed by atoms with Crippen molar-refractivity contribution >= 4 is 27.5 Å². The molecule has 2 heteroatoms. The van der Waals surface area contributed by atoms with Gasteiger partial charge < -0.3 is 0 Å². The molecule has 0 nitrogen and oxygen atoms in total. The summed E-state index contributed by atoms with van der Waals surface area (Å²) in [5, 5.41) is 0. The molecule has 0 N–H and O–H groups in total. The number of hydrogen-bond acceptors (Lipinski definition) is 0. The Bertz CT molecular complexity index is 350. The number of halogens is 2. The van der Waals surface area contributed by atoms with Gasteiger partial charge in [0.05, 0.1) is 0 Å². The Hall–Kier alpha value is -0.0100. The largest absolute Gasteiger partial charge is 0.122 e. The molecule has 84 valence electrons. The van der Waals surface area contributed by atoms with Crippen molar-refractivity contribution in [1.82, 2.24) is 0 Å². The van der Waals surface area contributed by atoms with Gasteiger partial charge >= 0.3 is 0 Å². The summed E-state index contributed by atoms with van der Waals surface area (Å²) in [5.41, 5.74) is 4.07. The Morgan fingerprint density at radius 2 is 1.80 bits per heavy atom. The average Bonchev–Trinajstić information content (AvgIpc) is 2.16. The van der Waals surface area contributed by atoms with Crippen LogP contribution in [0.2, 0.25) is 0 Å². The fourth-order valence-electron chi connectivity index (χ4n) is 1.75. The molecule has 0 spiro atoms. The standard InChI is InChI=1S/C13H18BrCl/c1-5-9-6-10(8-15)11(7-12(9)14)13(2,3)4/h6-7H,5,8H2,1-4H3. The lowest BCUT2D eigenvalue weighted by Crippen LogP contribution is -2.14. The molecule has 0 amide bonds. The van der Waals surface area contributed by atoms with E-state index in [1.54, 1.807) is 0 Å². The highest BCUT2D eigenvalue weighted by Gasteiger charge is 2.19. The second-order valence-corrected chi connectivity index (χ2v) is 5.96. The molecule has 0 aliphatic rings. The normalized spacial score (nSPS) is 11.9. The van der Waals surface area contributed by atoms with Gasteiger partial charge in [0.2, 0.25) is 0 Å². The summed E-state index contributed by atoms with van der Waals surface area (Å²) in [5.74, 6) is 0.590. The molecule has 0 fully saturated rings. The van der Waals surface area contributed by atoms with Gasteiger partial charge in [-0.2, -0.15) is 0 Å². The van der Waals surface area contributed by atoms with Gasteiger partial charge in [0.15, 0.2) is 0 Å². The molecule has 1 rings (SSSR count). The predicted octanol–water partition coefficient (Wildman–Crippen LogP) is 5.05. The van der Waals surface area contributed by atoms with Gasteiger partial charge in [0.25, 0.3) is 0 Å². The fraction of sp³-hybridized carbons (Fsp3) is 0.538. The van der Waals surface area contributed by atoms with Crippen LogP contribution in [0.5, 0.6) is 0 Å². The maximum Gasteiger partial charge on any atom is 0.0477 e. The van der Waals surface area contributed by atoms with Gasteiger partial charge in [-0.3, -0.25) is 0 Å². The molecular formula is C13H18BrCl. The van der Waals surface area contributed by atoms with Crippen molar-refractivity contribution in [2.45, 2.75) is 45.4 Å². The Labute approximate surface area is 106 Å². The molecular weight excluding hydrogens is 272 g/mol. The molecule has 1 aromatic carbocycles. The van der Waals surface area contributed by atoms with Crippen molar-refractivity contribution in [3.05, 3.63) is 33.3 Å². The SMILES string of the molecule is CCc1cc(CCl)c(C(C)(C)C)cc1Br. The van der Waals surface area contributed by atoms with Gasteiger partial charge in [-0.25, -0.2) is 0 Å². The van der Waals surface area contributed by atoms with Gasteiger partial charge in [-0.15, -0.1) is 11.6 Å². The summed E-state index contributed by atoms with van der Waals surface area (Å²) >= 11 is 9.62. The zero-order valence-corrected chi connectivity index (χ0v) is 12.2. The summed E-state index contributed by atoms with van der Waals surface area (Å²) in [7, 11) is 0. The fourth-order valence-corrected chi connectivity index (χ4v) is 2.59. The van der Waals surface area contributed by atoms with E-state index in [1.165, 1.54) is 21.2 Å². The van der Waals surface area contributed by atoms with E-state index in [1.807, 2.05) is 0 Å². The molecule has 0 saturated heterocycles. The molecule has 0 radical (unpaired) electrons. The van der Waals surface area contributed by atoms with E-state index >= 15 is 0 Å². The third-order valence-corrected chi connectivity index (χ3v) is 3.63. The van der Waals surface area contributed by atoms with Crippen molar-refractivity contribution < 1.29 is 0 Å². The van der Waals surface area contributed by atoms with Crippen LogP contribution in [0.25, 0.3) is 0 Å². The van der Waals surface area contributed by atoms with Gasteiger partial charge in [0, 0.05) is 10.4 Å². The predicted molar refractivity (Wildman–Crippen MR) is 71.8 cm³/mol. The first-order chi connectivity index (χ1) is 6.90. The average molecular weight is 290 g/mol. The van der Waals surface area contributed by atoms with Crippen LogP contribution in [0.3, 0.4) is 0 Å². The monoisotopic (exact) mass is 288 g/mol. The van der Waals surface area contributed by atoms with Crippen LogP contribution in [-0.2, 0) is 17.7 Å². The number of aryl methyl sites for hydroxylation is 1. The first kappa shape index (κ1) is 13.1. The van der Waals surface area contributed by atoms with Gasteiger partial charge in [-0.05, 0) is 34.6 Å². The number of benzene rings is 1. The molecule has 0 aliphatic heterocycles. The van der Waals surface area contributed by atoms with Crippen LogP contribution in [0.1, 0.15) is 44.4 Å². The van der Waals surface area contributed by atoms with Crippen molar-refractivity contribution in [2.24, 2.45) is 0 Å². The molecule has 0 unspecified atom stereocenters. The Morgan fingerprint density at radius 3 is 2.20 bits per heavy atom. The number of alkyl halides is 1. The van der Waals surface area contributed by atoms with Crippen LogP contribution in [-0.4, -0.2) is 0 Å². The van der Waals surface area contributed by atoms with E-state index in [2.05, 4.69) is 55.8 Å².